The van der Waals surface area contributed by atoms with E-state index in [1.165, 1.54) is 12.8 Å². The Balaban J connectivity index is 1.72. The predicted octanol–water partition coefficient (Wildman–Crippen LogP) is 2.42. The van der Waals surface area contributed by atoms with Crippen LogP contribution in [0.1, 0.15) is 39.5 Å². The van der Waals surface area contributed by atoms with Crippen molar-refractivity contribution < 1.29 is 19.1 Å². The molecule has 0 radical (unpaired) electrons. The van der Waals surface area contributed by atoms with Crippen molar-refractivity contribution in [1.82, 2.24) is 4.90 Å². The molecule has 1 aromatic rings. The minimum absolute atomic E-state index is 0.0547. The zero-order chi connectivity index (χ0) is 20.1. The van der Waals surface area contributed by atoms with Crippen molar-refractivity contribution in [2.45, 2.75) is 45.6 Å². The van der Waals surface area contributed by atoms with Crippen LogP contribution in [0.2, 0.25) is 0 Å². The van der Waals surface area contributed by atoms with E-state index >= 15 is 0 Å². The summed E-state index contributed by atoms with van der Waals surface area (Å²) >= 11 is 0. The molecule has 0 saturated heterocycles. The molecule has 1 heterocycles. The van der Waals surface area contributed by atoms with Crippen LogP contribution in [0.15, 0.2) is 24.3 Å². The molecule has 1 aromatic carbocycles. The summed E-state index contributed by atoms with van der Waals surface area (Å²) in [6.45, 7) is 5.58. The van der Waals surface area contributed by atoms with Crippen molar-refractivity contribution in [3.63, 3.8) is 0 Å². The van der Waals surface area contributed by atoms with Crippen molar-refractivity contribution in [1.29, 1.82) is 0 Å². The second kappa shape index (κ2) is 9.19. The molecule has 7 nitrogen and oxygen atoms in total. The number of esters is 1. The number of carbonyl (C=O) groups excluding carboxylic acids is 3. The molecule has 1 N–H and O–H groups in total. The molecule has 1 atom stereocenters. The van der Waals surface area contributed by atoms with Gasteiger partial charge in [0.05, 0.1) is 30.9 Å². The topological polar surface area (TPSA) is 79.0 Å². The minimum Gasteiger partial charge on any atom is -0.466 e. The number of carbonyl (C=O) groups is 3. The number of anilines is 2. The smallest absolute Gasteiger partial charge is 0.307 e. The van der Waals surface area contributed by atoms with E-state index in [9.17, 15) is 14.4 Å². The third-order valence-corrected chi connectivity index (χ3v) is 5.14. The molecular weight excluding hydrogens is 358 g/mol. The molecule has 0 spiro atoms. The van der Waals surface area contributed by atoms with Gasteiger partial charge < -0.3 is 15.0 Å². The Hall–Kier alpha value is -2.41. The van der Waals surface area contributed by atoms with E-state index in [-0.39, 0.29) is 43.2 Å². The number of amides is 2. The molecule has 2 amide bonds. The number of ether oxygens (including phenoxy) is 1. The van der Waals surface area contributed by atoms with Gasteiger partial charge in [-0.1, -0.05) is 12.1 Å². The molecule has 1 saturated carbocycles. The van der Waals surface area contributed by atoms with Gasteiger partial charge in [0.15, 0.2) is 0 Å². The van der Waals surface area contributed by atoms with Gasteiger partial charge in [0.1, 0.15) is 0 Å². The number of hydrogen-bond donors (Lipinski definition) is 1. The highest BCUT2D eigenvalue weighted by Gasteiger charge is 2.32. The van der Waals surface area contributed by atoms with E-state index in [0.29, 0.717) is 24.8 Å². The van der Waals surface area contributed by atoms with E-state index in [2.05, 4.69) is 5.32 Å². The molecule has 1 fully saturated rings. The van der Waals surface area contributed by atoms with Crippen LogP contribution in [-0.4, -0.2) is 55.0 Å². The molecule has 7 heteroatoms. The highest BCUT2D eigenvalue weighted by atomic mass is 16.5. The lowest BCUT2D eigenvalue weighted by atomic mass is 10.1. The number of para-hydroxylation sites is 2. The minimum atomic E-state index is -0.237. The Labute approximate surface area is 166 Å². The molecule has 1 unspecified atom stereocenters. The van der Waals surface area contributed by atoms with Gasteiger partial charge in [-0.2, -0.15) is 0 Å². The van der Waals surface area contributed by atoms with Gasteiger partial charge in [-0.3, -0.25) is 19.3 Å². The number of benzene rings is 1. The van der Waals surface area contributed by atoms with E-state index in [1.807, 2.05) is 36.1 Å². The van der Waals surface area contributed by atoms with Gasteiger partial charge in [-0.25, -0.2) is 0 Å². The first-order valence-electron chi connectivity index (χ1n) is 10.1. The Morgan fingerprint density at radius 2 is 2.04 bits per heavy atom. The van der Waals surface area contributed by atoms with Crippen LogP contribution >= 0.6 is 0 Å². The maximum atomic E-state index is 13.2. The summed E-state index contributed by atoms with van der Waals surface area (Å²) < 4.78 is 5.02. The van der Waals surface area contributed by atoms with Gasteiger partial charge in [-0.05, 0) is 44.7 Å². The average molecular weight is 387 g/mol. The van der Waals surface area contributed by atoms with Crippen molar-refractivity contribution in [3.8, 4) is 0 Å². The van der Waals surface area contributed by atoms with E-state index in [4.69, 9.17) is 4.74 Å². The standard InChI is InChI=1S/C21H29N3O4/c1-3-28-21(27)10-11-23(13-16-8-9-16)14-20(26)24-15(2)12-19(25)22-17-6-4-5-7-18(17)24/h4-7,15-16H,3,8-14H2,1-2H3,(H,22,25). The number of nitrogens with zero attached hydrogens (tertiary/aromatic N) is 2. The Kier molecular flexibility index (Phi) is 6.67. The molecule has 28 heavy (non-hydrogen) atoms. The predicted molar refractivity (Wildman–Crippen MR) is 107 cm³/mol. The third kappa shape index (κ3) is 5.32. The summed E-state index contributed by atoms with van der Waals surface area (Å²) in [5.74, 6) is 0.222. The maximum Gasteiger partial charge on any atom is 0.307 e. The average Bonchev–Trinajstić information content (AvgIpc) is 3.46. The number of fused-ring (bicyclic) bond motifs is 1. The van der Waals surface area contributed by atoms with Crippen molar-refractivity contribution >= 4 is 29.2 Å². The lowest BCUT2D eigenvalue weighted by Gasteiger charge is -2.31. The second-order valence-corrected chi connectivity index (χ2v) is 7.62. The van der Waals surface area contributed by atoms with Crippen molar-refractivity contribution in [3.05, 3.63) is 24.3 Å². The lowest BCUT2D eigenvalue weighted by molar-refractivity contribution is -0.143. The normalized spacial score (nSPS) is 19.0. The summed E-state index contributed by atoms with van der Waals surface area (Å²) in [5, 5.41) is 2.88. The Morgan fingerprint density at radius 1 is 1.29 bits per heavy atom. The largest absolute Gasteiger partial charge is 0.466 e. The molecule has 152 valence electrons. The fourth-order valence-electron chi connectivity index (χ4n) is 3.62. The van der Waals surface area contributed by atoms with Crippen molar-refractivity contribution in [2.75, 3.05) is 36.5 Å². The number of hydrogen-bond acceptors (Lipinski definition) is 5. The monoisotopic (exact) mass is 387 g/mol. The van der Waals surface area contributed by atoms with Crippen LogP contribution < -0.4 is 10.2 Å². The summed E-state index contributed by atoms with van der Waals surface area (Å²) in [6, 6.07) is 7.15. The number of nitrogens with one attached hydrogen (secondary N) is 1. The van der Waals surface area contributed by atoms with E-state index in [1.54, 1.807) is 11.8 Å². The zero-order valence-electron chi connectivity index (χ0n) is 16.6. The molecular formula is C21H29N3O4. The van der Waals surface area contributed by atoms with Crippen LogP contribution in [0.4, 0.5) is 11.4 Å². The highest BCUT2D eigenvalue weighted by molar-refractivity contribution is 6.04. The maximum absolute atomic E-state index is 13.2. The van der Waals surface area contributed by atoms with Gasteiger partial charge in [0, 0.05) is 25.6 Å². The first-order valence-corrected chi connectivity index (χ1v) is 10.1. The van der Waals surface area contributed by atoms with Crippen LogP contribution in [0.25, 0.3) is 0 Å². The zero-order valence-corrected chi connectivity index (χ0v) is 16.6. The van der Waals surface area contributed by atoms with Crippen LogP contribution in [0, 0.1) is 5.92 Å². The lowest BCUT2D eigenvalue weighted by Crippen LogP contribution is -2.46. The molecule has 3 rings (SSSR count). The SMILES string of the molecule is CCOC(=O)CCN(CC(=O)N1c2ccccc2NC(=O)CC1C)CC1CC1. The summed E-state index contributed by atoms with van der Waals surface area (Å²) in [5.41, 5.74) is 1.38. The fourth-order valence-corrected chi connectivity index (χ4v) is 3.62. The van der Waals surface area contributed by atoms with Crippen LogP contribution in [0.3, 0.4) is 0 Å². The Morgan fingerprint density at radius 3 is 2.75 bits per heavy atom. The summed E-state index contributed by atoms with van der Waals surface area (Å²) in [7, 11) is 0. The van der Waals surface area contributed by atoms with Crippen LogP contribution in [0.5, 0.6) is 0 Å². The molecule has 0 bridgehead atoms. The van der Waals surface area contributed by atoms with Crippen LogP contribution in [-0.2, 0) is 19.1 Å². The third-order valence-electron chi connectivity index (χ3n) is 5.14. The van der Waals surface area contributed by atoms with Gasteiger partial charge >= 0.3 is 5.97 Å². The van der Waals surface area contributed by atoms with Crippen molar-refractivity contribution in [2.24, 2.45) is 5.92 Å². The Bertz CT molecular complexity index is 732. The first kappa shape index (κ1) is 20.3. The number of rotatable bonds is 8. The summed E-state index contributed by atoms with van der Waals surface area (Å²) in [6.07, 6.45) is 2.88. The first-order chi connectivity index (χ1) is 13.5. The highest BCUT2D eigenvalue weighted by Crippen LogP contribution is 2.32. The fraction of sp³-hybridized carbons (Fsp3) is 0.571. The second-order valence-electron chi connectivity index (χ2n) is 7.62. The summed E-state index contributed by atoms with van der Waals surface area (Å²) in [4.78, 5) is 40.9. The van der Waals surface area contributed by atoms with E-state index < -0.39 is 0 Å². The molecule has 1 aliphatic heterocycles. The van der Waals surface area contributed by atoms with Gasteiger partial charge in [0.25, 0.3) is 0 Å². The van der Waals surface area contributed by atoms with Gasteiger partial charge in [-0.15, -0.1) is 0 Å². The molecule has 0 aromatic heterocycles. The molecule has 2 aliphatic rings. The van der Waals surface area contributed by atoms with E-state index in [0.717, 1.165) is 12.2 Å². The van der Waals surface area contributed by atoms with Gasteiger partial charge in [0.2, 0.25) is 11.8 Å². The quantitative estimate of drug-likeness (QED) is 0.693. The molecule has 1 aliphatic carbocycles.